The van der Waals surface area contributed by atoms with Crippen molar-refractivity contribution < 1.29 is 14.6 Å². The first-order valence-electron chi connectivity index (χ1n) is 6.53. The molecule has 1 aromatic rings. The molecule has 0 radical (unpaired) electrons. The highest BCUT2D eigenvalue weighted by Crippen LogP contribution is 2.26. The molecule has 0 saturated carbocycles. The van der Waals surface area contributed by atoms with E-state index in [9.17, 15) is 4.79 Å². The predicted octanol–water partition coefficient (Wildman–Crippen LogP) is 3.53. The van der Waals surface area contributed by atoms with Gasteiger partial charge in [-0.2, -0.15) is 0 Å². The minimum atomic E-state index is -0.774. The maximum Gasteiger partial charge on any atom is 0.304 e. The molecule has 0 bridgehead atoms. The molecule has 0 fully saturated rings. The van der Waals surface area contributed by atoms with Crippen LogP contribution in [0.5, 0.6) is 5.75 Å². The summed E-state index contributed by atoms with van der Waals surface area (Å²) in [6, 6.07) is 5.82. The normalized spacial score (nSPS) is 11.7. The molecule has 4 nitrogen and oxygen atoms in total. The second-order valence-electron chi connectivity index (χ2n) is 5.69. The van der Waals surface area contributed by atoms with Crippen molar-refractivity contribution in [2.75, 3.05) is 13.7 Å². The number of aliphatic carboxylic acids is 1. The van der Waals surface area contributed by atoms with Gasteiger partial charge in [-0.05, 0) is 44.5 Å². The molecule has 0 spiro atoms. The number of methoxy groups -OCH3 is 1. The summed E-state index contributed by atoms with van der Waals surface area (Å²) in [7, 11) is 1.64. The van der Waals surface area contributed by atoms with Crippen LogP contribution in [0.15, 0.2) is 22.7 Å². The molecule has 0 aliphatic carbocycles. The number of carboxylic acids is 1. The molecule has 20 heavy (non-hydrogen) atoms. The molecular formula is C15H22BrNO3. The van der Waals surface area contributed by atoms with Crippen LogP contribution >= 0.6 is 15.9 Å². The molecule has 0 atom stereocenters. The second kappa shape index (κ2) is 7.09. The van der Waals surface area contributed by atoms with Gasteiger partial charge in [0.05, 0.1) is 13.5 Å². The largest absolute Gasteiger partial charge is 0.497 e. The number of carbonyl (C=O) groups is 1. The van der Waals surface area contributed by atoms with Gasteiger partial charge in [-0.3, -0.25) is 9.69 Å². The molecule has 112 valence electrons. The van der Waals surface area contributed by atoms with E-state index in [1.807, 2.05) is 18.2 Å². The van der Waals surface area contributed by atoms with E-state index in [1.165, 1.54) is 0 Å². The molecular weight excluding hydrogens is 322 g/mol. The summed E-state index contributed by atoms with van der Waals surface area (Å²) >= 11 is 3.54. The lowest BCUT2D eigenvalue weighted by Gasteiger charge is -2.35. The van der Waals surface area contributed by atoms with E-state index in [0.717, 1.165) is 15.8 Å². The first-order chi connectivity index (χ1) is 9.24. The number of hydrogen-bond acceptors (Lipinski definition) is 3. The standard InChI is InChI=1S/C15H22BrNO3/c1-15(2,3)17(8-7-14(18)19)10-11-9-12(20-4)5-6-13(11)16/h5-6,9H,7-8,10H2,1-4H3,(H,18,19). The number of carboxylic acid groups (broad SMARTS) is 1. The van der Waals surface area contributed by atoms with E-state index in [0.29, 0.717) is 13.1 Å². The second-order valence-corrected chi connectivity index (χ2v) is 6.55. The molecule has 5 heteroatoms. The maximum absolute atomic E-state index is 10.8. The van der Waals surface area contributed by atoms with E-state index in [2.05, 4.69) is 41.6 Å². The van der Waals surface area contributed by atoms with Gasteiger partial charge >= 0.3 is 5.97 Å². The van der Waals surface area contributed by atoms with Crippen molar-refractivity contribution in [3.8, 4) is 5.75 Å². The zero-order chi connectivity index (χ0) is 15.3. The van der Waals surface area contributed by atoms with Gasteiger partial charge < -0.3 is 9.84 Å². The lowest BCUT2D eigenvalue weighted by molar-refractivity contribution is -0.137. The predicted molar refractivity (Wildman–Crippen MR) is 83.1 cm³/mol. The SMILES string of the molecule is COc1ccc(Br)c(CN(CCC(=O)O)C(C)(C)C)c1. The van der Waals surface area contributed by atoms with Gasteiger partial charge in [-0.15, -0.1) is 0 Å². The summed E-state index contributed by atoms with van der Waals surface area (Å²) < 4.78 is 6.24. The number of halogens is 1. The lowest BCUT2D eigenvalue weighted by atomic mass is 10.0. The van der Waals surface area contributed by atoms with E-state index in [-0.39, 0.29) is 12.0 Å². The Kier molecular flexibility index (Phi) is 6.02. The van der Waals surface area contributed by atoms with Gasteiger partial charge in [0.1, 0.15) is 5.75 Å². The van der Waals surface area contributed by atoms with Gasteiger partial charge in [0.15, 0.2) is 0 Å². The maximum atomic E-state index is 10.8. The van der Waals surface area contributed by atoms with E-state index in [1.54, 1.807) is 7.11 Å². The van der Waals surface area contributed by atoms with Crippen LogP contribution in [0, 0.1) is 0 Å². The number of nitrogens with zero attached hydrogens (tertiary/aromatic N) is 1. The minimum Gasteiger partial charge on any atom is -0.497 e. The average molecular weight is 344 g/mol. The van der Waals surface area contributed by atoms with Gasteiger partial charge in [-0.25, -0.2) is 0 Å². The first-order valence-corrected chi connectivity index (χ1v) is 7.32. The van der Waals surface area contributed by atoms with Crippen LogP contribution < -0.4 is 4.74 Å². The van der Waals surface area contributed by atoms with E-state index < -0.39 is 5.97 Å². The van der Waals surface area contributed by atoms with Crippen molar-refractivity contribution in [1.82, 2.24) is 4.90 Å². The van der Waals surface area contributed by atoms with Crippen molar-refractivity contribution in [3.05, 3.63) is 28.2 Å². The Morgan fingerprint density at radius 1 is 1.40 bits per heavy atom. The number of hydrogen-bond donors (Lipinski definition) is 1. The summed E-state index contributed by atoms with van der Waals surface area (Å²) in [6.45, 7) is 7.45. The third kappa shape index (κ3) is 5.13. The molecule has 0 unspecified atom stereocenters. The molecule has 0 aromatic heterocycles. The zero-order valence-corrected chi connectivity index (χ0v) is 14.0. The van der Waals surface area contributed by atoms with Crippen molar-refractivity contribution in [3.63, 3.8) is 0 Å². The number of benzene rings is 1. The summed E-state index contributed by atoms with van der Waals surface area (Å²) in [6.07, 6.45) is 0.138. The van der Waals surface area contributed by atoms with Crippen LogP contribution in [0.3, 0.4) is 0 Å². The Morgan fingerprint density at radius 3 is 2.55 bits per heavy atom. The van der Waals surface area contributed by atoms with Crippen molar-refractivity contribution in [1.29, 1.82) is 0 Å². The molecule has 0 amide bonds. The van der Waals surface area contributed by atoms with Crippen LogP contribution in [0.1, 0.15) is 32.8 Å². The van der Waals surface area contributed by atoms with Crippen molar-refractivity contribution in [2.24, 2.45) is 0 Å². The summed E-state index contributed by atoms with van der Waals surface area (Å²) in [5.41, 5.74) is 0.988. The van der Waals surface area contributed by atoms with Gasteiger partial charge in [0, 0.05) is 23.1 Å². The monoisotopic (exact) mass is 343 g/mol. The van der Waals surface area contributed by atoms with Crippen LogP contribution in [-0.4, -0.2) is 35.2 Å². The fraction of sp³-hybridized carbons (Fsp3) is 0.533. The highest BCUT2D eigenvalue weighted by molar-refractivity contribution is 9.10. The molecule has 0 heterocycles. The molecule has 0 saturated heterocycles. The van der Waals surface area contributed by atoms with Gasteiger partial charge in [-0.1, -0.05) is 15.9 Å². The molecule has 1 aromatic carbocycles. The highest BCUT2D eigenvalue weighted by Gasteiger charge is 2.22. The Bertz CT molecular complexity index is 469. The van der Waals surface area contributed by atoms with Gasteiger partial charge in [0.2, 0.25) is 0 Å². The molecule has 0 aliphatic rings. The number of rotatable bonds is 6. The van der Waals surface area contributed by atoms with Crippen LogP contribution in [0.25, 0.3) is 0 Å². The quantitative estimate of drug-likeness (QED) is 0.858. The van der Waals surface area contributed by atoms with Crippen LogP contribution in [0.2, 0.25) is 0 Å². The van der Waals surface area contributed by atoms with E-state index >= 15 is 0 Å². The molecule has 0 aliphatic heterocycles. The Hall–Kier alpha value is -1.07. The van der Waals surface area contributed by atoms with Crippen LogP contribution in [0.4, 0.5) is 0 Å². The molecule has 1 rings (SSSR count). The fourth-order valence-corrected chi connectivity index (χ4v) is 2.26. The fourth-order valence-electron chi connectivity index (χ4n) is 1.89. The highest BCUT2D eigenvalue weighted by atomic mass is 79.9. The summed E-state index contributed by atoms with van der Waals surface area (Å²) in [4.78, 5) is 12.9. The lowest BCUT2D eigenvalue weighted by Crippen LogP contribution is -2.42. The van der Waals surface area contributed by atoms with Gasteiger partial charge in [0.25, 0.3) is 0 Å². The Balaban J connectivity index is 2.91. The van der Waals surface area contributed by atoms with Crippen molar-refractivity contribution >= 4 is 21.9 Å². The van der Waals surface area contributed by atoms with Crippen LogP contribution in [-0.2, 0) is 11.3 Å². The van der Waals surface area contributed by atoms with Crippen molar-refractivity contribution in [2.45, 2.75) is 39.3 Å². The Morgan fingerprint density at radius 2 is 2.05 bits per heavy atom. The number of ether oxygens (including phenoxy) is 1. The molecule has 1 N–H and O–H groups in total. The Labute approximate surface area is 128 Å². The summed E-state index contributed by atoms with van der Waals surface area (Å²) in [5, 5.41) is 8.88. The third-order valence-corrected chi connectivity index (χ3v) is 3.93. The topological polar surface area (TPSA) is 49.8 Å². The van der Waals surface area contributed by atoms with E-state index in [4.69, 9.17) is 9.84 Å². The summed E-state index contributed by atoms with van der Waals surface area (Å²) in [5.74, 6) is 0.0271. The first kappa shape index (κ1) is 17.0. The third-order valence-electron chi connectivity index (χ3n) is 3.16. The minimum absolute atomic E-state index is 0.0992. The average Bonchev–Trinajstić information content (AvgIpc) is 2.34. The zero-order valence-electron chi connectivity index (χ0n) is 12.4. The smallest absolute Gasteiger partial charge is 0.304 e.